The Morgan fingerprint density at radius 1 is 1.21 bits per heavy atom. The Bertz CT molecular complexity index is 332. The molecule has 2 heteroatoms. The van der Waals surface area contributed by atoms with Gasteiger partial charge in [-0.25, -0.2) is 0 Å². The fourth-order valence-corrected chi connectivity index (χ4v) is 2.27. The van der Waals surface area contributed by atoms with E-state index in [1.165, 1.54) is 17.5 Å². The van der Waals surface area contributed by atoms with Crippen LogP contribution in [0.25, 0.3) is 0 Å². The molecule has 0 saturated heterocycles. The van der Waals surface area contributed by atoms with Gasteiger partial charge in [0.1, 0.15) is 0 Å². The maximum Gasteiger partial charge on any atom is 0.0444 e. The van der Waals surface area contributed by atoms with Gasteiger partial charge in [0.15, 0.2) is 0 Å². The minimum absolute atomic E-state index is 0.897. The summed E-state index contributed by atoms with van der Waals surface area (Å²) in [5, 5.41) is 0.897. The number of halogens is 1. The standard InChI is InChI=1S/C10H12ClN.C2H6/c1-6-5-9(11)7-3-2-4-8(7)10(6)12;1-2/h5H,2-4,12H2,1H3;1-2H3. The average molecular weight is 212 g/mol. The van der Waals surface area contributed by atoms with Gasteiger partial charge in [-0.3, -0.25) is 0 Å². The third kappa shape index (κ3) is 1.88. The van der Waals surface area contributed by atoms with Crippen LogP contribution < -0.4 is 5.73 Å². The maximum absolute atomic E-state index is 6.09. The Hall–Kier alpha value is -0.690. The highest BCUT2D eigenvalue weighted by molar-refractivity contribution is 6.31. The number of nitrogen functional groups attached to an aromatic ring is 1. The number of nitrogens with two attached hydrogens (primary N) is 1. The van der Waals surface area contributed by atoms with E-state index in [1.807, 2.05) is 26.8 Å². The minimum atomic E-state index is 0.897. The van der Waals surface area contributed by atoms with Crippen LogP contribution in [-0.4, -0.2) is 0 Å². The molecule has 2 N–H and O–H groups in total. The highest BCUT2D eigenvalue weighted by Crippen LogP contribution is 2.34. The van der Waals surface area contributed by atoms with E-state index in [0.29, 0.717) is 0 Å². The van der Waals surface area contributed by atoms with Crippen LogP contribution in [0.3, 0.4) is 0 Å². The molecule has 1 aromatic carbocycles. The normalized spacial score (nSPS) is 13.1. The van der Waals surface area contributed by atoms with Crippen LogP contribution in [-0.2, 0) is 12.8 Å². The number of aryl methyl sites for hydroxylation is 1. The number of benzene rings is 1. The molecule has 0 heterocycles. The topological polar surface area (TPSA) is 26.0 Å². The summed E-state index contributed by atoms with van der Waals surface area (Å²) >= 11 is 6.09. The van der Waals surface area contributed by atoms with Gasteiger partial charge in [-0.1, -0.05) is 25.4 Å². The molecular formula is C12H18ClN. The van der Waals surface area contributed by atoms with Gasteiger partial charge in [0.25, 0.3) is 0 Å². The van der Waals surface area contributed by atoms with E-state index in [9.17, 15) is 0 Å². The molecule has 0 radical (unpaired) electrons. The first-order valence-electron chi connectivity index (χ1n) is 5.26. The van der Waals surface area contributed by atoms with Gasteiger partial charge in [0.05, 0.1) is 0 Å². The summed E-state index contributed by atoms with van der Waals surface area (Å²) in [4.78, 5) is 0. The van der Waals surface area contributed by atoms with Gasteiger partial charge in [0.2, 0.25) is 0 Å². The molecular weight excluding hydrogens is 194 g/mol. The lowest BCUT2D eigenvalue weighted by molar-refractivity contribution is 0.912. The van der Waals surface area contributed by atoms with Crippen LogP contribution >= 0.6 is 11.6 Å². The molecule has 0 saturated carbocycles. The summed E-state index contributed by atoms with van der Waals surface area (Å²) in [6.45, 7) is 6.01. The lowest BCUT2D eigenvalue weighted by Crippen LogP contribution is -1.97. The quantitative estimate of drug-likeness (QED) is 0.650. The van der Waals surface area contributed by atoms with E-state index in [0.717, 1.165) is 29.1 Å². The van der Waals surface area contributed by atoms with Crippen LogP contribution in [0.15, 0.2) is 6.07 Å². The average Bonchev–Trinajstić information content (AvgIpc) is 2.67. The summed E-state index contributed by atoms with van der Waals surface area (Å²) in [6, 6.07) is 1.97. The SMILES string of the molecule is CC.Cc1cc(Cl)c2c(c1N)CCC2. The first-order chi connectivity index (χ1) is 6.70. The molecule has 1 aromatic rings. The summed E-state index contributed by atoms with van der Waals surface area (Å²) in [5.41, 5.74) is 10.6. The van der Waals surface area contributed by atoms with Gasteiger partial charge >= 0.3 is 0 Å². The number of rotatable bonds is 0. The Morgan fingerprint density at radius 2 is 1.79 bits per heavy atom. The van der Waals surface area contributed by atoms with Crippen LogP contribution in [0, 0.1) is 6.92 Å². The van der Waals surface area contributed by atoms with Crippen LogP contribution in [0.1, 0.15) is 37.0 Å². The van der Waals surface area contributed by atoms with Crippen molar-refractivity contribution in [3.63, 3.8) is 0 Å². The van der Waals surface area contributed by atoms with Crippen molar-refractivity contribution in [2.24, 2.45) is 0 Å². The number of anilines is 1. The van der Waals surface area contributed by atoms with Crippen molar-refractivity contribution in [2.45, 2.75) is 40.0 Å². The van der Waals surface area contributed by atoms with E-state index in [4.69, 9.17) is 17.3 Å². The number of fused-ring (bicyclic) bond motifs is 1. The molecule has 0 fully saturated rings. The van der Waals surface area contributed by atoms with Crippen molar-refractivity contribution in [1.82, 2.24) is 0 Å². The Kier molecular flexibility index (Phi) is 3.82. The largest absolute Gasteiger partial charge is 0.398 e. The van der Waals surface area contributed by atoms with Gasteiger partial charge in [-0.05, 0) is 48.9 Å². The predicted molar refractivity (Wildman–Crippen MR) is 64.0 cm³/mol. The van der Waals surface area contributed by atoms with E-state index in [-0.39, 0.29) is 0 Å². The second-order valence-corrected chi connectivity index (χ2v) is 3.81. The molecule has 1 aliphatic rings. The molecule has 0 amide bonds. The summed E-state index contributed by atoms with van der Waals surface area (Å²) in [6.07, 6.45) is 3.39. The highest BCUT2D eigenvalue weighted by atomic mass is 35.5. The smallest absolute Gasteiger partial charge is 0.0444 e. The zero-order valence-electron chi connectivity index (χ0n) is 9.15. The molecule has 78 valence electrons. The zero-order chi connectivity index (χ0) is 10.7. The monoisotopic (exact) mass is 211 g/mol. The van der Waals surface area contributed by atoms with Crippen molar-refractivity contribution < 1.29 is 0 Å². The van der Waals surface area contributed by atoms with Crippen molar-refractivity contribution in [1.29, 1.82) is 0 Å². The lowest BCUT2D eigenvalue weighted by Gasteiger charge is -2.08. The molecule has 0 unspecified atom stereocenters. The van der Waals surface area contributed by atoms with E-state index in [1.54, 1.807) is 0 Å². The molecule has 1 nitrogen and oxygen atoms in total. The number of hydrogen-bond donors (Lipinski definition) is 1. The third-order valence-corrected chi connectivity index (χ3v) is 2.94. The van der Waals surface area contributed by atoms with Crippen molar-refractivity contribution in [2.75, 3.05) is 5.73 Å². The summed E-state index contributed by atoms with van der Waals surface area (Å²) < 4.78 is 0. The second kappa shape index (κ2) is 4.70. The van der Waals surface area contributed by atoms with Gasteiger partial charge < -0.3 is 5.73 Å². The lowest BCUT2D eigenvalue weighted by atomic mass is 10.0. The molecule has 1 aliphatic carbocycles. The third-order valence-electron chi connectivity index (χ3n) is 2.60. The Balaban J connectivity index is 0.000000461. The molecule has 2 rings (SSSR count). The molecule has 0 bridgehead atoms. The highest BCUT2D eigenvalue weighted by Gasteiger charge is 2.17. The summed E-state index contributed by atoms with van der Waals surface area (Å²) in [7, 11) is 0. The van der Waals surface area contributed by atoms with Crippen molar-refractivity contribution in [3.8, 4) is 0 Å². The number of hydrogen-bond acceptors (Lipinski definition) is 1. The fourth-order valence-electron chi connectivity index (χ4n) is 1.90. The fraction of sp³-hybridized carbons (Fsp3) is 0.500. The molecule has 0 atom stereocenters. The zero-order valence-corrected chi connectivity index (χ0v) is 9.91. The molecule has 0 aliphatic heterocycles. The predicted octanol–water partition coefficient (Wildman–Crippen LogP) is 3.75. The molecule has 0 spiro atoms. The van der Waals surface area contributed by atoms with Crippen LogP contribution in [0.2, 0.25) is 5.02 Å². The molecule has 14 heavy (non-hydrogen) atoms. The van der Waals surface area contributed by atoms with Gasteiger partial charge in [-0.2, -0.15) is 0 Å². The van der Waals surface area contributed by atoms with Crippen molar-refractivity contribution in [3.05, 3.63) is 27.8 Å². The Morgan fingerprint density at radius 3 is 2.43 bits per heavy atom. The first kappa shape index (κ1) is 11.4. The van der Waals surface area contributed by atoms with Crippen molar-refractivity contribution >= 4 is 17.3 Å². The van der Waals surface area contributed by atoms with E-state index < -0.39 is 0 Å². The van der Waals surface area contributed by atoms with Gasteiger partial charge in [-0.15, -0.1) is 0 Å². The van der Waals surface area contributed by atoms with E-state index >= 15 is 0 Å². The van der Waals surface area contributed by atoms with Crippen LogP contribution in [0.5, 0.6) is 0 Å². The maximum atomic E-state index is 6.09. The van der Waals surface area contributed by atoms with Crippen LogP contribution in [0.4, 0.5) is 5.69 Å². The summed E-state index contributed by atoms with van der Waals surface area (Å²) in [5.74, 6) is 0. The second-order valence-electron chi connectivity index (χ2n) is 3.40. The minimum Gasteiger partial charge on any atom is -0.398 e. The van der Waals surface area contributed by atoms with Gasteiger partial charge in [0, 0.05) is 10.7 Å². The Labute approximate surface area is 91.3 Å². The van der Waals surface area contributed by atoms with E-state index in [2.05, 4.69) is 0 Å². The molecule has 0 aromatic heterocycles. The first-order valence-corrected chi connectivity index (χ1v) is 5.64.